The molecule has 1 aliphatic rings. The number of carbonyl (C=O) groups is 1. The number of nitrogens with one attached hydrogen (secondary N) is 2. The molecule has 0 radical (unpaired) electrons. The maximum atomic E-state index is 13.2. The fourth-order valence-electron chi connectivity index (χ4n) is 1.79. The number of aromatic nitrogens is 2. The summed E-state index contributed by atoms with van der Waals surface area (Å²) in [5.74, 6) is -2.57. The Morgan fingerprint density at radius 3 is 2.65 bits per heavy atom. The monoisotopic (exact) mass is 243 g/mol. The summed E-state index contributed by atoms with van der Waals surface area (Å²) in [6.07, 6.45) is 0.474. The quantitative estimate of drug-likeness (QED) is 0.578. The second-order valence-corrected chi connectivity index (χ2v) is 3.76. The van der Waals surface area contributed by atoms with E-state index in [1.165, 1.54) is 0 Å². The van der Waals surface area contributed by atoms with E-state index in [2.05, 4.69) is 5.32 Å². The lowest BCUT2D eigenvalue weighted by Gasteiger charge is -2.24. The molecule has 0 spiro atoms. The van der Waals surface area contributed by atoms with Crippen molar-refractivity contribution < 1.29 is 14.3 Å². The largest absolute Gasteiger partial charge is 0.492 e. The van der Waals surface area contributed by atoms with Crippen LogP contribution in [0.3, 0.4) is 0 Å². The highest BCUT2D eigenvalue weighted by atomic mass is 19.1. The minimum Gasteiger partial charge on any atom is -0.492 e. The summed E-state index contributed by atoms with van der Waals surface area (Å²) in [7, 11) is 0. The standard InChI is InChI=1S/C9H10FN3O4/c10-6-7(15)12-9(17)13(8(6)16)4-1-2-5(14)11-3-4/h4,16H,1-3H2,(H,11,14)(H,12,15,17). The van der Waals surface area contributed by atoms with Crippen molar-refractivity contribution in [1.82, 2.24) is 14.9 Å². The van der Waals surface area contributed by atoms with Gasteiger partial charge in [0, 0.05) is 13.0 Å². The van der Waals surface area contributed by atoms with Gasteiger partial charge >= 0.3 is 5.69 Å². The van der Waals surface area contributed by atoms with Crippen molar-refractivity contribution in [3.63, 3.8) is 0 Å². The molecule has 0 aromatic carbocycles. The molecule has 1 amide bonds. The highest BCUT2D eigenvalue weighted by Gasteiger charge is 2.25. The van der Waals surface area contributed by atoms with Crippen LogP contribution >= 0.6 is 0 Å². The fourth-order valence-corrected chi connectivity index (χ4v) is 1.79. The van der Waals surface area contributed by atoms with E-state index in [9.17, 15) is 23.9 Å². The molecule has 1 aliphatic heterocycles. The Morgan fingerprint density at radius 1 is 1.35 bits per heavy atom. The van der Waals surface area contributed by atoms with E-state index < -0.39 is 29.0 Å². The Hall–Kier alpha value is -2.12. The van der Waals surface area contributed by atoms with Crippen molar-refractivity contribution in [2.75, 3.05) is 6.54 Å². The summed E-state index contributed by atoms with van der Waals surface area (Å²) in [5, 5.41) is 11.9. The van der Waals surface area contributed by atoms with Crippen LogP contribution in [0.5, 0.6) is 5.88 Å². The first-order valence-corrected chi connectivity index (χ1v) is 5.00. The van der Waals surface area contributed by atoms with E-state index in [1.54, 1.807) is 4.98 Å². The number of H-pyrrole nitrogens is 1. The van der Waals surface area contributed by atoms with Crippen LogP contribution in [0, 0.1) is 5.82 Å². The molecular formula is C9H10FN3O4. The van der Waals surface area contributed by atoms with Gasteiger partial charge in [-0.2, -0.15) is 4.39 Å². The third-order valence-electron chi connectivity index (χ3n) is 2.67. The minimum absolute atomic E-state index is 0.109. The Kier molecular flexibility index (Phi) is 2.70. The Labute approximate surface area is 93.9 Å². The predicted octanol–water partition coefficient (Wildman–Crippen LogP) is -1.17. The van der Waals surface area contributed by atoms with Crippen molar-refractivity contribution in [2.45, 2.75) is 18.9 Å². The molecule has 0 bridgehead atoms. The molecule has 1 aromatic rings. The summed E-state index contributed by atoms with van der Waals surface area (Å²) in [4.78, 5) is 35.0. The first-order chi connectivity index (χ1) is 8.00. The number of halogens is 1. The average Bonchev–Trinajstić information content (AvgIpc) is 2.29. The van der Waals surface area contributed by atoms with Gasteiger partial charge in [0.25, 0.3) is 5.56 Å². The van der Waals surface area contributed by atoms with E-state index in [1.807, 2.05) is 0 Å². The molecule has 92 valence electrons. The molecule has 0 aliphatic carbocycles. The van der Waals surface area contributed by atoms with Crippen LogP contribution in [0.2, 0.25) is 0 Å². The maximum absolute atomic E-state index is 13.2. The maximum Gasteiger partial charge on any atom is 0.331 e. The third-order valence-corrected chi connectivity index (χ3v) is 2.67. The summed E-state index contributed by atoms with van der Waals surface area (Å²) >= 11 is 0. The van der Waals surface area contributed by atoms with Crippen molar-refractivity contribution >= 4 is 5.91 Å². The van der Waals surface area contributed by atoms with Gasteiger partial charge in [0.2, 0.25) is 17.6 Å². The number of amides is 1. The van der Waals surface area contributed by atoms with E-state index >= 15 is 0 Å². The molecule has 1 unspecified atom stereocenters. The van der Waals surface area contributed by atoms with Gasteiger partial charge in [-0.05, 0) is 6.42 Å². The smallest absolute Gasteiger partial charge is 0.331 e. The molecular weight excluding hydrogens is 233 g/mol. The lowest BCUT2D eigenvalue weighted by Crippen LogP contribution is -2.42. The van der Waals surface area contributed by atoms with Crippen LogP contribution in [0.4, 0.5) is 4.39 Å². The van der Waals surface area contributed by atoms with Crippen molar-refractivity contribution in [2.24, 2.45) is 0 Å². The Balaban J connectivity index is 2.46. The molecule has 0 saturated carbocycles. The van der Waals surface area contributed by atoms with Gasteiger partial charge in [-0.25, -0.2) is 4.79 Å². The van der Waals surface area contributed by atoms with E-state index in [4.69, 9.17) is 0 Å². The number of hydrogen-bond acceptors (Lipinski definition) is 4. The number of rotatable bonds is 1. The molecule has 17 heavy (non-hydrogen) atoms. The second kappa shape index (κ2) is 4.04. The molecule has 7 nitrogen and oxygen atoms in total. The Bertz CT molecular complexity index is 567. The third kappa shape index (κ3) is 1.93. The predicted molar refractivity (Wildman–Crippen MR) is 54.2 cm³/mol. The second-order valence-electron chi connectivity index (χ2n) is 3.76. The van der Waals surface area contributed by atoms with E-state index in [-0.39, 0.29) is 18.9 Å². The summed E-state index contributed by atoms with van der Waals surface area (Å²) < 4.78 is 13.9. The number of aromatic amines is 1. The molecule has 8 heteroatoms. The first-order valence-electron chi connectivity index (χ1n) is 5.00. The van der Waals surface area contributed by atoms with Gasteiger partial charge in [-0.15, -0.1) is 0 Å². The number of carbonyl (C=O) groups excluding carboxylic acids is 1. The highest BCUT2D eigenvalue weighted by molar-refractivity contribution is 5.76. The van der Waals surface area contributed by atoms with E-state index in [0.717, 1.165) is 4.57 Å². The number of aromatic hydroxyl groups is 1. The highest BCUT2D eigenvalue weighted by Crippen LogP contribution is 2.20. The Morgan fingerprint density at radius 2 is 2.06 bits per heavy atom. The lowest BCUT2D eigenvalue weighted by molar-refractivity contribution is -0.122. The van der Waals surface area contributed by atoms with Crippen molar-refractivity contribution in [3.05, 3.63) is 26.7 Å². The van der Waals surface area contributed by atoms with Gasteiger partial charge < -0.3 is 10.4 Å². The van der Waals surface area contributed by atoms with Gasteiger partial charge in [-0.3, -0.25) is 19.1 Å². The zero-order chi connectivity index (χ0) is 12.6. The zero-order valence-electron chi connectivity index (χ0n) is 8.70. The number of nitrogens with zero attached hydrogens (tertiary/aromatic N) is 1. The minimum atomic E-state index is -1.40. The molecule has 3 N–H and O–H groups in total. The number of piperidine rings is 1. The SMILES string of the molecule is O=C1CCC(n2c(O)c(F)c(=O)[nH]c2=O)CN1. The average molecular weight is 243 g/mol. The molecule has 2 rings (SSSR count). The lowest BCUT2D eigenvalue weighted by atomic mass is 10.1. The molecule has 1 atom stereocenters. The van der Waals surface area contributed by atoms with Crippen LogP contribution < -0.4 is 16.6 Å². The van der Waals surface area contributed by atoms with Crippen LogP contribution in [0.1, 0.15) is 18.9 Å². The van der Waals surface area contributed by atoms with Crippen molar-refractivity contribution in [3.8, 4) is 5.88 Å². The van der Waals surface area contributed by atoms with Gasteiger partial charge in [0.15, 0.2) is 0 Å². The van der Waals surface area contributed by atoms with Gasteiger partial charge in [-0.1, -0.05) is 0 Å². The van der Waals surface area contributed by atoms with Crippen molar-refractivity contribution in [1.29, 1.82) is 0 Å². The van der Waals surface area contributed by atoms with E-state index in [0.29, 0.717) is 6.42 Å². The zero-order valence-corrected chi connectivity index (χ0v) is 8.70. The van der Waals surface area contributed by atoms with Crippen LogP contribution in [0.15, 0.2) is 9.59 Å². The van der Waals surface area contributed by atoms with Gasteiger partial charge in [0.05, 0.1) is 6.04 Å². The molecule has 1 aromatic heterocycles. The first kappa shape index (κ1) is 11.4. The summed E-state index contributed by atoms with van der Waals surface area (Å²) in [5.41, 5.74) is -2.15. The number of hydrogen-bond donors (Lipinski definition) is 3. The van der Waals surface area contributed by atoms with Crippen LogP contribution in [-0.2, 0) is 4.79 Å². The van der Waals surface area contributed by atoms with Crippen LogP contribution in [-0.4, -0.2) is 27.1 Å². The van der Waals surface area contributed by atoms with Crippen LogP contribution in [0.25, 0.3) is 0 Å². The summed E-state index contributed by atoms with van der Waals surface area (Å²) in [6, 6.07) is -0.563. The van der Waals surface area contributed by atoms with Gasteiger partial charge in [0.1, 0.15) is 0 Å². The molecule has 1 fully saturated rings. The molecule has 1 saturated heterocycles. The normalized spacial score (nSPS) is 20.1. The topological polar surface area (TPSA) is 104 Å². The summed E-state index contributed by atoms with van der Waals surface area (Å²) in [6.45, 7) is 0.109. The molecule has 2 heterocycles. The fraction of sp³-hybridized carbons (Fsp3) is 0.444.